The third-order valence-corrected chi connectivity index (χ3v) is 4.02. The van der Waals surface area contributed by atoms with Crippen LogP contribution in [0.4, 0.5) is 0 Å². The molecule has 3 heteroatoms. The Hall–Kier alpha value is -1.09. The fourth-order valence-corrected chi connectivity index (χ4v) is 2.84. The minimum absolute atomic E-state index is 0.461. The Balaban J connectivity index is 2.26. The highest BCUT2D eigenvalue weighted by molar-refractivity contribution is 5.33. The molecular formula is C15H24N2O. The zero-order valence-electron chi connectivity index (χ0n) is 11.7. The number of hydrogen-bond donors (Lipinski definition) is 1. The Morgan fingerprint density at radius 3 is 2.61 bits per heavy atom. The summed E-state index contributed by atoms with van der Waals surface area (Å²) in [6.45, 7) is 4.01. The second-order valence-electron chi connectivity index (χ2n) is 5.34. The first-order chi connectivity index (χ1) is 8.61. The van der Waals surface area contributed by atoms with Crippen LogP contribution in [0.15, 0.2) is 11.6 Å². The Bertz CT molecular complexity index is 446. The molecule has 1 aliphatic rings. The lowest BCUT2D eigenvalue weighted by Gasteiger charge is -2.18. The minimum Gasteiger partial charge on any atom is -0.384 e. The zero-order chi connectivity index (χ0) is 13.1. The van der Waals surface area contributed by atoms with Gasteiger partial charge in [-0.3, -0.25) is 4.68 Å². The summed E-state index contributed by atoms with van der Waals surface area (Å²) in [7, 11) is 1.94. The van der Waals surface area contributed by atoms with Gasteiger partial charge in [0.1, 0.15) is 6.10 Å². The van der Waals surface area contributed by atoms with E-state index in [4.69, 9.17) is 0 Å². The van der Waals surface area contributed by atoms with E-state index in [1.165, 1.54) is 31.3 Å². The number of allylic oxidation sites excluding steroid dienone is 1. The number of aliphatic hydroxyl groups is 1. The van der Waals surface area contributed by atoms with Gasteiger partial charge in [0.2, 0.25) is 0 Å². The van der Waals surface area contributed by atoms with Gasteiger partial charge in [0.25, 0.3) is 0 Å². The molecule has 1 aliphatic carbocycles. The van der Waals surface area contributed by atoms with Crippen LogP contribution < -0.4 is 0 Å². The molecule has 2 rings (SSSR count). The number of aromatic nitrogens is 2. The number of aryl methyl sites for hydroxylation is 2. The highest BCUT2D eigenvalue weighted by Gasteiger charge is 2.21. The monoisotopic (exact) mass is 248 g/mol. The molecule has 1 aromatic heterocycles. The van der Waals surface area contributed by atoms with Gasteiger partial charge in [0, 0.05) is 18.3 Å². The molecule has 0 aliphatic heterocycles. The van der Waals surface area contributed by atoms with Crippen LogP contribution >= 0.6 is 0 Å². The summed E-state index contributed by atoms with van der Waals surface area (Å²) in [6.07, 6.45) is 8.97. The van der Waals surface area contributed by atoms with Crippen molar-refractivity contribution < 1.29 is 5.11 Å². The minimum atomic E-state index is -0.461. The summed E-state index contributed by atoms with van der Waals surface area (Å²) in [5, 5.41) is 15.0. The van der Waals surface area contributed by atoms with Crippen molar-refractivity contribution in [1.29, 1.82) is 0 Å². The predicted octanol–water partition coefficient (Wildman–Crippen LogP) is 3.35. The van der Waals surface area contributed by atoms with Gasteiger partial charge in [0.15, 0.2) is 0 Å². The molecule has 1 unspecified atom stereocenters. The van der Waals surface area contributed by atoms with Gasteiger partial charge in [-0.2, -0.15) is 5.10 Å². The van der Waals surface area contributed by atoms with Crippen LogP contribution in [0.5, 0.6) is 0 Å². The Labute approximate surface area is 110 Å². The van der Waals surface area contributed by atoms with Crippen LogP contribution in [0.2, 0.25) is 0 Å². The average Bonchev–Trinajstić information content (AvgIpc) is 2.52. The first-order valence-corrected chi connectivity index (χ1v) is 6.98. The van der Waals surface area contributed by atoms with E-state index >= 15 is 0 Å². The molecule has 0 radical (unpaired) electrons. The van der Waals surface area contributed by atoms with Crippen molar-refractivity contribution in [3.05, 3.63) is 28.6 Å². The zero-order valence-corrected chi connectivity index (χ0v) is 11.7. The van der Waals surface area contributed by atoms with Gasteiger partial charge in [0.05, 0.1) is 5.69 Å². The molecule has 1 atom stereocenters. The largest absolute Gasteiger partial charge is 0.384 e. The molecule has 0 bridgehead atoms. The summed E-state index contributed by atoms with van der Waals surface area (Å²) in [6, 6.07) is 0. The molecule has 18 heavy (non-hydrogen) atoms. The molecule has 0 spiro atoms. The third kappa shape index (κ3) is 2.66. The molecule has 100 valence electrons. The Morgan fingerprint density at radius 1 is 1.22 bits per heavy atom. The number of rotatable bonds is 2. The normalized spacial score (nSPS) is 19.0. The van der Waals surface area contributed by atoms with Gasteiger partial charge < -0.3 is 5.11 Å². The van der Waals surface area contributed by atoms with E-state index in [1.807, 2.05) is 25.6 Å². The lowest BCUT2D eigenvalue weighted by molar-refractivity contribution is 0.207. The van der Waals surface area contributed by atoms with Crippen molar-refractivity contribution >= 4 is 0 Å². The SMILES string of the molecule is Cc1nn(C)c(C)c1C(O)C1=CCCCCCC1. The summed E-state index contributed by atoms with van der Waals surface area (Å²) >= 11 is 0. The summed E-state index contributed by atoms with van der Waals surface area (Å²) < 4.78 is 1.86. The van der Waals surface area contributed by atoms with E-state index in [0.29, 0.717) is 0 Å². The van der Waals surface area contributed by atoms with Gasteiger partial charge in [-0.1, -0.05) is 18.9 Å². The van der Waals surface area contributed by atoms with Crippen LogP contribution in [0.1, 0.15) is 61.6 Å². The Kier molecular flexibility index (Phi) is 4.23. The van der Waals surface area contributed by atoms with Crippen LogP contribution in [0.25, 0.3) is 0 Å². The smallest absolute Gasteiger partial charge is 0.104 e. The second-order valence-corrected chi connectivity index (χ2v) is 5.34. The fourth-order valence-electron chi connectivity index (χ4n) is 2.84. The molecular weight excluding hydrogens is 224 g/mol. The van der Waals surface area contributed by atoms with Crippen molar-refractivity contribution in [3.8, 4) is 0 Å². The molecule has 1 aromatic rings. The van der Waals surface area contributed by atoms with E-state index in [-0.39, 0.29) is 0 Å². The van der Waals surface area contributed by atoms with Gasteiger partial charge in [-0.25, -0.2) is 0 Å². The number of nitrogens with zero attached hydrogens (tertiary/aromatic N) is 2. The fraction of sp³-hybridized carbons (Fsp3) is 0.667. The van der Waals surface area contributed by atoms with E-state index in [0.717, 1.165) is 29.8 Å². The standard InChI is InChI=1S/C15H24N2O/c1-11-14(12(2)17(3)16-11)15(18)13-9-7-5-4-6-8-10-13/h9,15,18H,4-8,10H2,1-3H3. The van der Waals surface area contributed by atoms with E-state index in [9.17, 15) is 5.11 Å². The van der Waals surface area contributed by atoms with Crippen molar-refractivity contribution in [2.75, 3.05) is 0 Å². The van der Waals surface area contributed by atoms with Crippen molar-refractivity contribution in [2.45, 2.75) is 58.5 Å². The lowest BCUT2D eigenvalue weighted by atomic mass is 9.92. The van der Waals surface area contributed by atoms with E-state index in [2.05, 4.69) is 11.2 Å². The maximum Gasteiger partial charge on any atom is 0.104 e. The maximum atomic E-state index is 10.6. The molecule has 3 nitrogen and oxygen atoms in total. The highest BCUT2D eigenvalue weighted by Crippen LogP contribution is 2.31. The first-order valence-electron chi connectivity index (χ1n) is 6.98. The molecule has 0 amide bonds. The molecule has 0 fully saturated rings. The second kappa shape index (κ2) is 5.70. The quantitative estimate of drug-likeness (QED) is 0.815. The van der Waals surface area contributed by atoms with Crippen LogP contribution in [0, 0.1) is 13.8 Å². The number of aliphatic hydroxyl groups excluding tert-OH is 1. The molecule has 0 saturated heterocycles. The number of hydrogen-bond acceptors (Lipinski definition) is 2. The third-order valence-electron chi connectivity index (χ3n) is 4.02. The molecule has 1 N–H and O–H groups in total. The van der Waals surface area contributed by atoms with Crippen molar-refractivity contribution in [1.82, 2.24) is 9.78 Å². The van der Waals surface area contributed by atoms with Gasteiger partial charge >= 0.3 is 0 Å². The van der Waals surface area contributed by atoms with E-state index < -0.39 is 6.10 Å². The van der Waals surface area contributed by atoms with Crippen LogP contribution in [-0.2, 0) is 7.05 Å². The van der Waals surface area contributed by atoms with Crippen LogP contribution in [-0.4, -0.2) is 14.9 Å². The maximum absolute atomic E-state index is 10.6. The van der Waals surface area contributed by atoms with Crippen molar-refractivity contribution in [3.63, 3.8) is 0 Å². The van der Waals surface area contributed by atoms with E-state index in [1.54, 1.807) is 0 Å². The highest BCUT2D eigenvalue weighted by atomic mass is 16.3. The summed E-state index contributed by atoms with van der Waals surface area (Å²) in [5.74, 6) is 0. The van der Waals surface area contributed by atoms with Crippen molar-refractivity contribution in [2.24, 2.45) is 7.05 Å². The first kappa shape index (κ1) is 13.3. The topological polar surface area (TPSA) is 38.0 Å². The Morgan fingerprint density at radius 2 is 1.94 bits per heavy atom. The summed E-state index contributed by atoms with van der Waals surface area (Å²) in [5.41, 5.74) is 4.21. The molecule has 0 saturated carbocycles. The predicted molar refractivity (Wildman–Crippen MR) is 73.4 cm³/mol. The average molecular weight is 248 g/mol. The van der Waals surface area contributed by atoms with Crippen LogP contribution in [0.3, 0.4) is 0 Å². The molecule has 0 aromatic carbocycles. The lowest BCUT2D eigenvalue weighted by Crippen LogP contribution is -2.06. The van der Waals surface area contributed by atoms with Gasteiger partial charge in [-0.05, 0) is 45.1 Å². The molecule has 1 heterocycles. The summed E-state index contributed by atoms with van der Waals surface area (Å²) in [4.78, 5) is 0. The van der Waals surface area contributed by atoms with Gasteiger partial charge in [-0.15, -0.1) is 0 Å².